The summed E-state index contributed by atoms with van der Waals surface area (Å²) in [5, 5.41) is 3.63. The Bertz CT molecular complexity index is 827. The van der Waals surface area contributed by atoms with Crippen molar-refractivity contribution in [3.8, 4) is 0 Å². The van der Waals surface area contributed by atoms with Gasteiger partial charge in [-0.25, -0.2) is 8.42 Å². The number of nitrogens with zero attached hydrogens (tertiary/aromatic N) is 2. The molecule has 0 bridgehead atoms. The number of aryl methyl sites for hydroxylation is 1. The Morgan fingerprint density at radius 1 is 1.14 bits per heavy atom. The molecule has 1 amide bonds. The van der Waals surface area contributed by atoms with E-state index in [1.807, 2.05) is 24.0 Å². The van der Waals surface area contributed by atoms with E-state index in [0.29, 0.717) is 36.7 Å². The summed E-state index contributed by atoms with van der Waals surface area (Å²) < 4.78 is 27.7. The molecule has 7 heteroatoms. The van der Waals surface area contributed by atoms with Crippen molar-refractivity contribution in [1.82, 2.24) is 14.5 Å². The quantitative estimate of drug-likeness (QED) is 0.766. The fourth-order valence-electron chi connectivity index (χ4n) is 4.63. The highest BCUT2D eigenvalue weighted by Gasteiger charge is 2.53. The van der Waals surface area contributed by atoms with Crippen LogP contribution in [-0.2, 0) is 14.8 Å². The van der Waals surface area contributed by atoms with Crippen LogP contribution in [0.2, 0.25) is 0 Å². The van der Waals surface area contributed by atoms with Gasteiger partial charge in [-0.3, -0.25) is 10.1 Å². The zero-order valence-electron chi connectivity index (χ0n) is 18.3. The lowest BCUT2D eigenvalue weighted by Crippen LogP contribution is -2.61. The molecule has 29 heavy (non-hydrogen) atoms. The summed E-state index contributed by atoms with van der Waals surface area (Å²) in [6, 6.07) is 6.97. The monoisotopic (exact) mass is 421 g/mol. The molecule has 2 heterocycles. The highest BCUT2D eigenvalue weighted by molar-refractivity contribution is 7.89. The van der Waals surface area contributed by atoms with E-state index in [9.17, 15) is 13.2 Å². The first-order valence-corrected chi connectivity index (χ1v) is 12.2. The number of hydrogen-bond donors (Lipinski definition) is 1. The summed E-state index contributed by atoms with van der Waals surface area (Å²) in [4.78, 5) is 15.5. The number of nitrogens with one attached hydrogen (secondary N) is 1. The standard InChI is InChI=1S/C22H35N3O3S/c1-6-18(5)25-21(26)20(15-16(2)3)23-22(25)11-13-24(14-12-22)29(27,28)19-9-7-17(4)8-10-19/h7-10,16,18,20,23H,6,11-15H2,1-5H3/t18-,20+/m1/s1. The van der Waals surface area contributed by atoms with E-state index in [-0.39, 0.29) is 18.0 Å². The van der Waals surface area contributed by atoms with Crippen molar-refractivity contribution >= 4 is 15.9 Å². The highest BCUT2D eigenvalue weighted by Crippen LogP contribution is 2.37. The van der Waals surface area contributed by atoms with Gasteiger partial charge in [-0.15, -0.1) is 0 Å². The van der Waals surface area contributed by atoms with Crippen LogP contribution >= 0.6 is 0 Å². The third-order valence-corrected chi connectivity index (χ3v) is 8.30. The predicted octanol–water partition coefficient (Wildman–Crippen LogP) is 3.12. The zero-order chi connectivity index (χ0) is 21.4. The summed E-state index contributed by atoms with van der Waals surface area (Å²) in [5.74, 6) is 0.593. The van der Waals surface area contributed by atoms with E-state index >= 15 is 0 Å². The summed E-state index contributed by atoms with van der Waals surface area (Å²) in [7, 11) is -3.51. The molecule has 1 spiro atoms. The number of sulfonamides is 1. The van der Waals surface area contributed by atoms with Gasteiger partial charge in [-0.1, -0.05) is 38.5 Å². The van der Waals surface area contributed by atoms with Crippen LogP contribution in [0.15, 0.2) is 29.2 Å². The van der Waals surface area contributed by atoms with Crippen LogP contribution in [0.1, 0.15) is 58.9 Å². The molecule has 6 nitrogen and oxygen atoms in total. The Morgan fingerprint density at radius 3 is 2.24 bits per heavy atom. The Labute approximate surface area is 175 Å². The lowest BCUT2D eigenvalue weighted by molar-refractivity contribution is -0.136. The third kappa shape index (κ3) is 4.23. The van der Waals surface area contributed by atoms with Crippen LogP contribution in [-0.4, -0.2) is 54.4 Å². The van der Waals surface area contributed by atoms with E-state index in [2.05, 4.69) is 33.0 Å². The van der Waals surface area contributed by atoms with Gasteiger partial charge in [0.2, 0.25) is 15.9 Å². The number of benzene rings is 1. The van der Waals surface area contributed by atoms with Crippen LogP contribution in [0.3, 0.4) is 0 Å². The van der Waals surface area contributed by atoms with Crippen LogP contribution in [0.5, 0.6) is 0 Å². The lowest BCUT2D eigenvalue weighted by Gasteiger charge is -2.46. The highest BCUT2D eigenvalue weighted by atomic mass is 32.2. The minimum atomic E-state index is -3.51. The second-order valence-corrected chi connectivity index (χ2v) is 11.0. The van der Waals surface area contributed by atoms with Gasteiger partial charge < -0.3 is 4.90 Å². The Kier molecular flexibility index (Phi) is 6.41. The molecule has 2 aliphatic rings. The maximum absolute atomic E-state index is 13.2. The topological polar surface area (TPSA) is 69.7 Å². The normalized spacial score (nSPS) is 23.9. The molecule has 0 radical (unpaired) electrons. The molecule has 0 saturated carbocycles. The molecule has 2 aliphatic heterocycles. The van der Waals surface area contributed by atoms with Gasteiger partial charge in [0.25, 0.3) is 0 Å². The van der Waals surface area contributed by atoms with Crippen molar-refractivity contribution in [2.75, 3.05) is 13.1 Å². The lowest BCUT2D eigenvalue weighted by atomic mass is 9.95. The van der Waals surface area contributed by atoms with Gasteiger partial charge in [-0.2, -0.15) is 4.31 Å². The maximum Gasteiger partial charge on any atom is 0.243 e. The van der Waals surface area contributed by atoms with E-state index in [4.69, 9.17) is 0 Å². The number of piperidine rings is 1. The second-order valence-electron chi connectivity index (χ2n) is 9.04. The van der Waals surface area contributed by atoms with Crippen molar-refractivity contribution in [2.45, 2.75) is 82.9 Å². The molecule has 1 aromatic carbocycles. The fraction of sp³-hybridized carbons (Fsp3) is 0.682. The molecule has 0 unspecified atom stereocenters. The zero-order valence-corrected chi connectivity index (χ0v) is 19.1. The molecule has 162 valence electrons. The number of rotatable bonds is 6. The Morgan fingerprint density at radius 2 is 1.72 bits per heavy atom. The Balaban J connectivity index is 1.80. The fourth-order valence-corrected chi connectivity index (χ4v) is 6.07. The van der Waals surface area contributed by atoms with Crippen LogP contribution < -0.4 is 5.32 Å². The van der Waals surface area contributed by atoms with Gasteiger partial charge in [-0.05, 0) is 57.6 Å². The molecular formula is C22H35N3O3S. The second kappa shape index (κ2) is 8.36. The van der Waals surface area contributed by atoms with E-state index < -0.39 is 15.7 Å². The van der Waals surface area contributed by atoms with Crippen molar-refractivity contribution in [3.05, 3.63) is 29.8 Å². The minimum Gasteiger partial charge on any atom is -0.320 e. The van der Waals surface area contributed by atoms with Gasteiger partial charge in [0, 0.05) is 19.1 Å². The number of hydrogen-bond acceptors (Lipinski definition) is 4. The van der Waals surface area contributed by atoms with E-state index in [1.54, 1.807) is 16.4 Å². The van der Waals surface area contributed by atoms with E-state index in [1.165, 1.54) is 0 Å². The smallest absolute Gasteiger partial charge is 0.243 e. The number of amides is 1. The molecule has 2 fully saturated rings. The van der Waals surface area contributed by atoms with Crippen LogP contribution in [0, 0.1) is 12.8 Å². The molecular weight excluding hydrogens is 386 g/mol. The van der Waals surface area contributed by atoms with Crippen molar-refractivity contribution < 1.29 is 13.2 Å². The van der Waals surface area contributed by atoms with E-state index in [0.717, 1.165) is 18.4 Å². The number of carbonyl (C=O) groups excluding carboxylic acids is 1. The predicted molar refractivity (Wildman–Crippen MR) is 115 cm³/mol. The molecule has 1 aromatic rings. The van der Waals surface area contributed by atoms with Crippen molar-refractivity contribution in [1.29, 1.82) is 0 Å². The molecule has 2 atom stereocenters. The van der Waals surface area contributed by atoms with Crippen molar-refractivity contribution in [2.24, 2.45) is 5.92 Å². The molecule has 1 N–H and O–H groups in total. The Hall–Kier alpha value is -1.44. The first kappa shape index (κ1) is 22.2. The molecule has 0 aliphatic carbocycles. The van der Waals surface area contributed by atoms with Gasteiger partial charge in [0.05, 0.1) is 16.6 Å². The summed E-state index contributed by atoms with van der Waals surface area (Å²) in [5.41, 5.74) is 0.598. The van der Waals surface area contributed by atoms with Crippen LogP contribution in [0.4, 0.5) is 0 Å². The summed E-state index contributed by atoms with van der Waals surface area (Å²) >= 11 is 0. The summed E-state index contributed by atoms with van der Waals surface area (Å²) in [6.45, 7) is 11.2. The average Bonchev–Trinajstić information content (AvgIpc) is 2.92. The largest absolute Gasteiger partial charge is 0.320 e. The number of carbonyl (C=O) groups is 1. The minimum absolute atomic E-state index is 0.132. The summed E-state index contributed by atoms with van der Waals surface area (Å²) in [6.07, 6.45) is 2.92. The molecule has 0 aromatic heterocycles. The molecule has 2 saturated heterocycles. The van der Waals surface area contributed by atoms with Crippen molar-refractivity contribution in [3.63, 3.8) is 0 Å². The van der Waals surface area contributed by atoms with Gasteiger partial charge in [0.15, 0.2) is 0 Å². The van der Waals surface area contributed by atoms with Gasteiger partial charge >= 0.3 is 0 Å². The molecule has 3 rings (SSSR count). The third-order valence-electron chi connectivity index (χ3n) is 6.39. The van der Waals surface area contributed by atoms with Crippen LogP contribution in [0.25, 0.3) is 0 Å². The first-order valence-electron chi connectivity index (χ1n) is 10.8. The maximum atomic E-state index is 13.2. The first-order chi connectivity index (χ1) is 13.6. The van der Waals surface area contributed by atoms with Gasteiger partial charge in [0.1, 0.15) is 0 Å². The SMILES string of the molecule is CC[C@@H](C)N1C(=O)[C@H](CC(C)C)NC12CCN(S(=O)(=O)c1ccc(C)cc1)CC2. The average molecular weight is 422 g/mol.